The van der Waals surface area contributed by atoms with Gasteiger partial charge < -0.3 is 0 Å². The predicted octanol–water partition coefficient (Wildman–Crippen LogP) is 2.31. The largest absolute Gasteiger partial charge is 0.294 e. The van der Waals surface area contributed by atoms with E-state index in [9.17, 15) is 0 Å². The van der Waals surface area contributed by atoms with Crippen LogP contribution in [-0.4, -0.2) is 6.54 Å². The van der Waals surface area contributed by atoms with Crippen LogP contribution in [0.1, 0.15) is 33.1 Å². The number of hydrogen-bond acceptors (Lipinski definition) is 0. The van der Waals surface area contributed by atoms with Gasteiger partial charge in [0, 0.05) is 12.7 Å². The summed E-state index contributed by atoms with van der Waals surface area (Å²) in [4.78, 5) is 0. The first kappa shape index (κ1) is 8.54. The van der Waals surface area contributed by atoms with Gasteiger partial charge in [-0.25, -0.2) is 0 Å². The maximum absolute atomic E-state index is 4.17. The van der Waals surface area contributed by atoms with E-state index in [1.165, 1.54) is 12.8 Å². The van der Waals surface area contributed by atoms with Crippen molar-refractivity contribution in [2.45, 2.75) is 33.1 Å². The smallest absolute Gasteiger partial charge is 0.0389 e. The lowest BCUT2D eigenvalue weighted by atomic mass is 10.3. The van der Waals surface area contributed by atoms with Crippen molar-refractivity contribution in [1.82, 2.24) is 5.32 Å². The molecule has 0 spiro atoms. The van der Waals surface area contributed by atoms with E-state index in [-0.39, 0.29) is 0 Å². The van der Waals surface area contributed by atoms with Crippen molar-refractivity contribution in [3.63, 3.8) is 0 Å². The summed E-state index contributed by atoms with van der Waals surface area (Å²) in [7, 11) is 0. The zero-order valence-electron chi connectivity index (χ0n) is 6.43. The molecule has 1 heteroatoms. The van der Waals surface area contributed by atoms with Gasteiger partial charge in [0.1, 0.15) is 0 Å². The summed E-state index contributed by atoms with van der Waals surface area (Å²) in [5.74, 6) is 0. The lowest BCUT2D eigenvalue weighted by molar-refractivity contribution is 0.725. The summed E-state index contributed by atoms with van der Waals surface area (Å²) < 4.78 is 0. The van der Waals surface area contributed by atoms with Gasteiger partial charge in [-0.1, -0.05) is 26.3 Å². The Labute approximate surface area is 58.2 Å². The Morgan fingerprint density at radius 2 is 2.11 bits per heavy atom. The van der Waals surface area contributed by atoms with Gasteiger partial charge in [-0.15, -0.1) is 0 Å². The third-order valence-corrected chi connectivity index (χ3v) is 1.09. The van der Waals surface area contributed by atoms with Crippen molar-refractivity contribution in [2.24, 2.45) is 0 Å². The second-order valence-corrected chi connectivity index (χ2v) is 2.05. The fourth-order valence-electron chi connectivity index (χ4n) is 0.504. The van der Waals surface area contributed by atoms with Gasteiger partial charge in [-0.3, -0.25) is 5.32 Å². The van der Waals surface area contributed by atoms with Crippen LogP contribution in [0.4, 0.5) is 0 Å². The minimum absolute atomic E-state index is 0.993. The van der Waals surface area contributed by atoms with Crippen molar-refractivity contribution in [1.29, 1.82) is 0 Å². The number of allylic oxidation sites excluding steroid dienone is 1. The first-order chi connectivity index (χ1) is 4.41. The molecule has 0 aromatic carbocycles. The summed E-state index contributed by atoms with van der Waals surface area (Å²) >= 11 is 0. The quantitative estimate of drug-likeness (QED) is 0.502. The minimum Gasteiger partial charge on any atom is -0.294 e. The van der Waals surface area contributed by atoms with Gasteiger partial charge in [-0.2, -0.15) is 0 Å². The Morgan fingerprint density at radius 3 is 2.67 bits per heavy atom. The molecule has 9 heavy (non-hydrogen) atoms. The molecule has 0 aliphatic heterocycles. The normalized spacial score (nSPS) is 10.4. The van der Waals surface area contributed by atoms with Crippen LogP contribution in [0.15, 0.2) is 12.3 Å². The third-order valence-electron chi connectivity index (χ3n) is 1.09. The zero-order valence-corrected chi connectivity index (χ0v) is 6.43. The molecule has 0 saturated heterocycles. The third kappa shape index (κ3) is 7.54. The molecule has 0 aliphatic rings. The summed E-state index contributed by atoms with van der Waals surface area (Å²) in [5.41, 5.74) is 0. The molecular formula is C8H16N. The molecule has 0 aromatic heterocycles. The van der Waals surface area contributed by atoms with Gasteiger partial charge in [0.25, 0.3) is 0 Å². The van der Waals surface area contributed by atoms with Crippen LogP contribution in [0, 0.1) is 0 Å². The van der Waals surface area contributed by atoms with E-state index in [0.29, 0.717) is 0 Å². The molecule has 0 fully saturated rings. The second-order valence-electron chi connectivity index (χ2n) is 2.05. The lowest BCUT2D eigenvalue weighted by Gasteiger charge is -1.91. The highest BCUT2D eigenvalue weighted by atomic mass is 14.8. The highest BCUT2D eigenvalue weighted by molar-refractivity contribution is 4.76. The maximum Gasteiger partial charge on any atom is 0.0389 e. The first-order valence-corrected chi connectivity index (χ1v) is 3.73. The zero-order chi connectivity index (χ0) is 6.95. The van der Waals surface area contributed by atoms with Crippen molar-refractivity contribution in [2.75, 3.05) is 6.54 Å². The Bertz CT molecular complexity index is 67.0. The van der Waals surface area contributed by atoms with Crippen LogP contribution in [0.3, 0.4) is 0 Å². The number of hydrogen-bond donors (Lipinski definition) is 0. The van der Waals surface area contributed by atoms with Crippen molar-refractivity contribution < 1.29 is 0 Å². The van der Waals surface area contributed by atoms with Gasteiger partial charge in [0.15, 0.2) is 0 Å². The summed E-state index contributed by atoms with van der Waals surface area (Å²) in [6.45, 7) is 5.29. The number of unbranched alkanes of at least 4 members (excludes halogenated alkanes) is 1. The Morgan fingerprint density at radius 1 is 1.33 bits per heavy atom. The van der Waals surface area contributed by atoms with Crippen LogP contribution in [0.5, 0.6) is 0 Å². The molecule has 53 valence electrons. The Hall–Kier alpha value is -0.460. The van der Waals surface area contributed by atoms with Crippen LogP contribution >= 0.6 is 0 Å². The van der Waals surface area contributed by atoms with E-state index >= 15 is 0 Å². The standard InChI is InChI=1S/C8H16N/c1-3-5-7-9-8-6-4-2/h5,7H,3-4,6,8H2,1-2H3. The monoisotopic (exact) mass is 126 g/mol. The van der Waals surface area contributed by atoms with E-state index in [4.69, 9.17) is 0 Å². The highest BCUT2D eigenvalue weighted by Crippen LogP contribution is 1.84. The second kappa shape index (κ2) is 7.54. The van der Waals surface area contributed by atoms with Gasteiger partial charge in [0.05, 0.1) is 0 Å². The molecule has 0 aromatic rings. The first-order valence-electron chi connectivity index (χ1n) is 3.73. The molecule has 0 unspecified atom stereocenters. The van der Waals surface area contributed by atoms with E-state index in [1.807, 2.05) is 6.20 Å². The Kier molecular flexibility index (Phi) is 7.15. The van der Waals surface area contributed by atoms with E-state index in [1.54, 1.807) is 0 Å². The fourth-order valence-corrected chi connectivity index (χ4v) is 0.504. The van der Waals surface area contributed by atoms with Crippen molar-refractivity contribution in [3.05, 3.63) is 12.3 Å². The fraction of sp³-hybridized carbons (Fsp3) is 0.750. The molecule has 0 aliphatic carbocycles. The van der Waals surface area contributed by atoms with Crippen LogP contribution in [0.2, 0.25) is 0 Å². The average molecular weight is 126 g/mol. The Balaban J connectivity index is 2.82. The van der Waals surface area contributed by atoms with Crippen molar-refractivity contribution >= 4 is 0 Å². The molecule has 0 rings (SSSR count). The number of rotatable bonds is 5. The van der Waals surface area contributed by atoms with Gasteiger partial charge >= 0.3 is 0 Å². The molecule has 1 radical (unpaired) electrons. The summed E-state index contributed by atoms with van der Waals surface area (Å²) in [6.07, 6.45) is 7.54. The summed E-state index contributed by atoms with van der Waals surface area (Å²) in [6, 6.07) is 0. The molecule has 0 saturated carbocycles. The molecule has 0 heterocycles. The molecule has 0 amide bonds. The van der Waals surface area contributed by atoms with Crippen LogP contribution in [0.25, 0.3) is 0 Å². The lowest BCUT2D eigenvalue weighted by Crippen LogP contribution is -1.96. The molecule has 0 atom stereocenters. The molecular weight excluding hydrogens is 110 g/mol. The van der Waals surface area contributed by atoms with Gasteiger partial charge in [-0.05, 0) is 12.8 Å². The average Bonchev–Trinajstić information content (AvgIpc) is 1.89. The summed E-state index contributed by atoms with van der Waals surface area (Å²) in [5, 5.41) is 4.17. The molecule has 0 N–H and O–H groups in total. The van der Waals surface area contributed by atoms with E-state index in [0.717, 1.165) is 13.0 Å². The topological polar surface area (TPSA) is 14.1 Å². The SMILES string of the molecule is CCC=C[N]CCCC. The van der Waals surface area contributed by atoms with E-state index < -0.39 is 0 Å². The highest BCUT2D eigenvalue weighted by Gasteiger charge is 1.78. The van der Waals surface area contributed by atoms with Crippen molar-refractivity contribution in [3.8, 4) is 0 Å². The number of nitrogens with zero attached hydrogens (tertiary/aromatic N) is 1. The maximum atomic E-state index is 4.17. The van der Waals surface area contributed by atoms with Crippen LogP contribution in [-0.2, 0) is 0 Å². The van der Waals surface area contributed by atoms with E-state index in [2.05, 4.69) is 25.2 Å². The van der Waals surface area contributed by atoms with Crippen LogP contribution < -0.4 is 5.32 Å². The molecule has 1 nitrogen and oxygen atoms in total. The minimum atomic E-state index is 0.993. The van der Waals surface area contributed by atoms with Gasteiger partial charge in [0.2, 0.25) is 0 Å². The predicted molar refractivity (Wildman–Crippen MR) is 41.3 cm³/mol. The molecule has 0 bridgehead atoms.